The van der Waals surface area contributed by atoms with Gasteiger partial charge >= 0.3 is 19.5 Å². The van der Waals surface area contributed by atoms with Gasteiger partial charge in [0.15, 0.2) is 0 Å². The Bertz CT molecular complexity index is 189. The van der Waals surface area contributed by atoms with Crippen LogP contribution in [0.5, 0.6) is 0 Å². The van der Waals surface area contributed by atoms with E-state index < -0.39 is 0 Å². The van der Waals surface area contributed by atoms with Gasteiger partial charge < -0.3 is 4.79 Å². The van der Waals surface area contributed by atoms with Gasteiger partial charge in [-0.2, -0.15) is 5.57 Å². The summed E-state index contributed by atoms with van der Waals surface area (Å²) in [7, 11) is 0. The first-order chi connectivity index (χ1) is 4.43. The van der Waals surface area contributed by atoms with Gasteiger partial charge in [-0.15, -0.1) is 6.08 Å². The molecule has 1 nitrogen and oxygen atoms in total. The SMILES string of the molecule is O=[C-]C1=CC=CC=CC1.[Ru+]. The monoisotopic (exact) mass is 221 g/mol. The maximum absolute atomic E-state index is 10.1. The Balaban J connectivity index is 0.000000810. The van der Waals surface area contributed by atoms with Crippen LogP contribution >= 0.6 is 0 Å². The van der Waals surface area contributed by atoms with Crippen molar-refractivity contribution in [1.29, 1.82) is 0 Å². The summed E-state index contributed by atoms with van der Waals surface area (Å²) in [5.74, 6) is 0. The first-order valence-electron chi connectivity index (χ1n) is 2.84. The van der Waals surface area contributed by atoms with Gasteiger partial charge in [-0.05, 0) is 12.7 Å². The molecule has 0 saturated carbocycles. The fraction of sp³-hybridized carbons (Fsp3) is 0.125. The van der Waals surface area contributed by atoms with Crippen molar-refractivity contribution in [3.63, 3.8) is 0 Å². The molecule has 1 rings (SSSR count). The van der Waals surface area contributed by atoms with Crippen molar-refractivity contribution in [1.82, 2.24) is 0 Å². The van der Waals surface area contributed by atoms with Crippen molar-refractivity contribution in [3.05, 3.63) is 36.0 Å². The number of hydrogen-bond acceptors (Lipinski definition) is 1. The fourth-order valence-electron chi connectivity index (χ4n) is 0.653. The molecule has 2 heteroatoms. The Labute approximate surface area is 73.3 Å². The molecule has 0 unspecified atom stereocenters. The third-order valence-corrected chi connectivity index (χ3v) is 1.12. The van der Waals surface area contributed by atoms with E-state index in [1.807, 2.05) is 30.6 Å². The fourth-order valence-corrected chi connectivity index (χ4v) is 0.653. The summed E-state index contributed by atoms with van der Waals surface area (Å²) in [5.41, 5.74) is 0.708. The third kappa shape index (κ3) is 2.88. The molecule has 53 valence electrons. The zero-order valence-electron chi connectivity index (χ0n) is 5.36. The summed E-state index contributed by atoms with van der Waals surface area (Å²) in [4.78, 5) is 10.1. The van der Waals surface area contributed by atoms with Crippen molar-refractivity contribution in [2.45, 2.75) is 6.42 Å². The molecule has 0 amide bonds. The van der Waals surface area contributed by atoms with Crippen molar-refractivity contribution in [2.24, 2.45) is 0 Å². The van der Waals surface area contributed by atoms with Gasteiger partial charge in [-0.3, -0.25) is 0 Å². The van der Waals surface area contributed by atoms with Crippen LogP contribution < -0.4 is 0 Å². The van der Waals surface area contributed by atoms with E-state index in [4.69, 9.17) is 0 Å². The maximum atomic E-state index is 10.1. The topological polar surface area (TPSA) is 17.1 Å². The third-order valence-electron chi connectivity index (χ3n) is 1.12. The van der Waals surface area contributed by atoms with Gasteiger partial charge in [0.25, 0.3) is 0 Å². The van der Waals surface area contributed by atoms with Crippen molar-refractivity contribution in [2.75, 3.05) is 0 Å². The predicted octanol–water partition coefficient (Wildman–Crippen LogP) is 1.54. The minimum Gasteiger partial charge on any atom is -0.419 e. The van der Waals surface area contributed by atoms with Crippen LogP contribution in [0.1, 0.15) is 6.42 Å². The van der Waals surface area contributed by atoms with E-state index in [-0.39, 0.29) is 19.5 Å². The summed E-state index contributed by atoms with van der Waals surface area (Å²) in [5, 5.41) is 0. The number of rotatable bonds is 1. The van der Waals surface area contributed by atoms with Crippen LogP contribution in [-0.2, 0) is 24.3 Å². The second kappa shape index (κ2) is 5.31. The molecule has 10 heavy (non-hydrogen) atoms. The molecule has 0 spiro atoms. The zero-order valence-corrected chi connectivity index (χ0v) is 7.09. The van der Waals surface area contributed by atoms with Crippen molar-refractivity contribution in [3.8, 4) is 0 Å². The second-order valence-electron chi connectivity index (χ2n) is 1.81. The van der Waals surface area contributed by atoms with Crippen LogP contribution in [0.3, 0.4) is 0 Å². The van der Waals surface area contributed by atoms with Crippen LogP contribution in [0.2, 0.25) is 0 Å². The molecule has 0 bridgehead atoms. The first-order valence-corrected chi connectivity index (χ1v) is 2.84. The summed E-state index contributed by atoms with van der Waals surface area (Å²) in [6.07, 6.45) is 11.9. The summed E-state index contributed by atoms with van der Waals surface area (Å²) in [6, 6.07) is 0. The van der Waals surface area contributed by atoms with Crippen LogP contribution in [0.4, 0.5) is 0 Å². The quantitative estimate of drug-likeness (QED) is 0.484. The Morgan fingerprint density at radius 2 is 2.10 bits per heavy atom. The van der Waals surface area contributed by atoms with Crippen LogP contribution in [-0.4, -0.2) is 6.29 Å². The maximum Gasteiger partial charge on any atom is 1.00 e. The van der Waals surface area contributed by atoms with Crippen molar-refractivity contribution < 1.29 is 24.3 Å². The summed E-state index contributed by atoms with van der Waals surface area (Å²) >= 11 is 0. The molecule has 0 aromatic heterocycles. The van der Waals surface area contributed by atoms with Gasteiger partial charge in [0, 0.05) is 0 Å². The van der Waals surface area contributed by atoms with Gasteiger partial charge in [0.2, 0.25) is 0 Å². The molecule has 0 aromatic rings. The molecule has 0 atom stereocenters. The molecule has 1 aliphatic carbocycles. The smallest absolute Gasteiger partial charge is 0.419 e. The number of hydrogen-bond donors (Lipinski definition) is 0. The van der Waals surface area contributed by atoms with E-state index in [1.165, 1.54) is 0 Å². The van der Waals surface area contributed by atoms with Crippen LogP contribution in [0, 0.1) is 0 Å². The van der Waals surface area contributed by atoms with Crippen LogP contribution in [0.15, 0.2) is 36.0 Å². The van der Waals surface area contributed by atoms with Gasteiger partial charge in [0.1, 0.15) is 0 Å². The summed E-state index contributed by atoms with van der Waals surface area (Å²) < 4.78 is 0. The van der Waals surface area contributed by atoms with Gasteiger partial charge in [-0.1, -0.05) is 18.2 Å². The normalized spacial score (nSPS) is 15.0. The molecule has 0 N–H and O–H groups in total. The molecular weight excluding hydrogens is 213 g/mol. The minimum absolute atomic E-state index is 0. The summed E-state index contributed by atoms with van der Waals surface area (Å²) in [6.45, 7) is 0. The molecule has 1 aliphatic rings. The molecule has 0 heterocycles. The predicted molar refractivity (Wildman–Crippen MR) is 36.7 cm³/mol. The van der Waals surface area contributed by atoms with E-state index in [9.17, 15) is 4.79 Å². The molecule has 0 aliphatic heterocycles. The van der Waals surface area contributed by atoms with Crippen molar-refractivity contribution >= 4 is 6.29 Å². The largest absolute Gasteiger partial charge is 1.00 e. The zero-order chi connectivity index (χ0) is 6.53. The minimum atomic E-state index is 0. The second-order valence-corrected chi connectivity index (χ2v) is 1.81. The van der Waals surface area contributed by atoms with E-state index in [0.717, 1.165) is 0 Å². The van der Waals surface area contributed by atoms with E-state index >= 15 is 0 Å². The first kappa shape index (κ1) is 9.51. The number of carbonyl (C=O) groups excluding carboxylic acids is 1. The Kier molecular flexibility index (Phi) is 5.05. The van der Waals surface area contributed by atoms with Crippen LogP contribution in [0.25, 0.3) is 0 Å². The van der Waals surface area contributed by atoms with Gasteiger partial charge in [0.05, 0.1) is 0 Å². The van der Waals surface area contributed by atoms with E-state index in [0.29, 0.717) is 12.0 Å². The van der Waals surface area contributed by atoms with Gasteiger partial charge in [-0.25, -0.2) is 6.08 Å². The Hall–Kier alpha value is -0.487. The Morgan fingerprint density at radius 3 is 2.80 bits per heavy atom. The van der Waals surface area contributed by atoms with E-state index in [1.54, 1.807) is 6.08 Å². The average molecular weight is 220 g/mol. The molecular formula is C8H7ORu. The Morgan fingerprint density at radius 1 is 1.30 bits per heavy atom. The molecule has 0 aromatic carbocycles. The average Bonchev–Trinajstić information content (AvgIpc) is 2.13. The molecule has 0 fully saturated rings. The number of allylic oxidation sites excluding steroid dienone is 6. The van der Waals surface area contributed by atoms with E-state index in [2.05, 4.69) is 0 Å². The molecule has 1 radical (unpaired) electrons. The standard InChI is InChI=1S/C8H7O.Ru/c9-7-8-5-3-1-2-4-6-8;/h1-5H,6H2;/q-1;+1. The molecule has 0 saturated heterocycles.